The molecule has 0 radical (unpaired) electrons. The van der Waals surface area contributed by atoms with Crippen molar-refractivity contribution in [2.75, 3.05) is 0 Å². The molecular formula is C10H10N4. The molecule has 70 valence electrons. The van der Waals surface area contributed by atoms with Gasteiger partial charge in [0.25, 0.3) is 0 Å². The third-order valence-electron chi connectivity index (χ3n) is 1.81. The molecule has 0 aliphatic heterocycles. The van der Waals surface area contributed by atoms with E-state index in [1.807, 2.05) is 48.1 Å². The van der Waals surface area contributed by atoms with E-state index in [0.29, 0.717) is 5.95 Å². The van der Waals surface area contributed by atoms with Crippen LogP contribution in [0.2, 0.25) is 0 Å². The van der Waals surface area contributed by atoms with Crippen molar-refractivity contribution in [3.05, 3.63) is 42.7 Å². The fraction of sp³-hybridized carbons (Fsp3) is 0.100. The third kappa shape index (κ3) is 1.85. The molecule has 0 saturated heterocycles. The summed E-state index contributed by atoms with van der Waals surface area (Å²) in [7, 11) is 1.88. The van der Waals surface area contributed by atoms with Crippen LogP contribution in [0.5, 0.6) is 0 Å². The standard InChI is InChI=1S/C10H10N4/c1-14-8-7-11-10(14)13-12-9-5-3-2-4-6-9/h2-8H,1H3. The Bertz CT molecular complexity index is 430. The Morgan fingerprint density at radius 3 is 2.57 bits per heavy atom. The van der Waals surface area contributed by atoms with E-state index in [2.05, 4.69) is 15.2 Å². The second-order valence-electron chi connectivity index (χ2n) is 2.87. The number of azo groups is 1. The first kappa shape index (κ1) is 8.62. The van der Waals surface area contributed by atoms with Gasteiger partial charge < -0.3 is 4.57 Å². The van der Waals surface area contributed by atoms with Crippen LogP contribution in [0, 0.1) is 0 Å². The summed E-state index contributed by atoms with van der Waals surface area (Å²) in [5, 5.41) is 8.06. The molecule has 0 atom stereocenters. The van der Waals surface area contributed by atoms with Crippen molar-refractivity contribution < 1.29 is 0 Å². The smallest absolute Gasteiger partial charge is 0.249 e. The van der Waals surface area contributed by atoms with E-state index in [9.17, 15) is 0 Å². The van der Waals surface area contributed by atoms with Crippen LogP contribution in [0.3, 0.4) is 0 Å². The van der Waals surface area contributed by atoms with Gasteiger partial charge in [-0.05, 0) is 12.1 Å². The molecule has 0 aliphatic rings. The highest BCUT2D eigenvalue weighted by molar-refractivity contribution is 5.35. The second-order valence-corrected chi connectivity index (χ2v) is 2.87. The van der Waals surface area contributed by atoms with Gasteiger partial charge in [-0.2, -0.15) is 0 Å². The van der Waals surface area contributed by atoms with Crippen LogP contribution >= 0.6 is 0 Å². The molecule has 1 heterocycles. The number of rotatable bonds is 2. The highest BCUT2D eigenvalue weighted by Gasteiger charge is 1.94. The number of aromatic nitrogens is 2. The van der Waals surface area contributed by atoms with Crippen molar-refractivity contribution in [1.82, 2.24) is 9.55 Å². The first-order chi connectivity index (χ1) is 6.86. The van der Waals surface area contributed by atoms with Gasteiger partial charge in [0.05, 0.1) is 5.69 Å². The lowest BCUT2D eigenvalue weighted by atomic mass is 10.3. The molecule has 0 aliphatic carbocycles. The minimum absolute atomic E-state index is 0.605. The highest BCUT2D eigenvalue weighted by Crippen LogP contribution is 2.14. The van der Waals surface area contributed by atoms with Crippen LogP contribution < -0.4 is 0 Å². The summed E-state index contributed by atoms with van der Waals surface area (Å²) in [6.45, 7) is 0. The molecule has 0 fully saturated rings. The van der Waals surface area contributed by atoms with Crippen LogP contribution in [0.4, 0.5) is 11.6 Å². The summed E-state index contributed by atoms with van der Waals surface area (Å²) in [6.07, 6.45) is 3.53. The van der Waals surface area contributed by atoms with Crippen molar-refractivity contribution >= 4 is 11.6 Å². The van der Waals surface area contributed by atoms with Crippen LogP contribution in [0.1, 0.15) is 0 Å². The summed E-state index contributed by atoms with van der Waals surface area (Å²) in [5.74, 6) is 0.605. The molecule has 2 rings (SSSR count). The zero-order valence-electron chi connectivity index (χ0n) is 7.83. The van der Waals surface area contributed by atoms with Gasteiger partial charge >= 0.3 is 0 Å². The molecule has 0 spiro atoms. The van der Waals surface area contributed by atoms with Crippen LogP contribution in [0.15, 0.2) is 53.0 Å². The van der Waals surface area contributed by atoms with Crippen LogP contribution in [-0.4, -0.2) is 9.55 Å². The van der Waals surface area contributed by atoms with Gasteiger partial charge in [-0.1, -0.05) is 18.2 Å². The quantitative estimate of drug-likeness (QED) is 0.665. The molecule has 1 aromatic carbocycles. The average molecular weight is 186 g/mol. The normalized spacial score (nSPS) is 10.9. The maximum Gasteiger partial charge on any atom is 0.249 e. The van der Waals surface area contributed by atoms with E-state index in [0.717, 1.165) is 5.69 Å². The second kappa shape index (κ2) is 3.83. The zero-order chi connectivity index (χ0) is 9.80. The number of imidazole rings is 1. The van der Waals surface area contributed by atoms with E-state index in [-0.39, 0.29) is 0 Å². The third-order valence-corrected chi connectivity index (χ3v) is 1.81. The maximum atomic E-state index is 4.05. The minimum Gasteiger partial charge on any atom is -0.317 e. The molecule has 0 bridgehead atoms. The predicted octanol–water partition coefficient (Wildman–Crippen LogP) is 2.84. The summed E-state index contributed by atoms with van der Waals surface area (Å²) in [5.41, 5.74) is 0.829. The van der Waals surface area contributed by atoms with E-state index in [1.54, 1.807) is 6.20 Å². The molecule has 2 aromatic rings. The van der Waals surface area contributed by atoms with E-state index in [1.165, 1.54) is 0 Å². The van der Waals surface area contributed by atoms with Crippen molar-refractivity contribution in [3.8, 4) is 0 Å². The molecule has 1 aromatic heterocycles. The van der Waals surface area contributed by atoms with Gasteiger partial charge in [-0.3, -0.25) is 0 Å². The lowest BCUT2D eigenvalue weighted by molar-refractivity contribution is 0.893. The molecule has 0 N–H and O–H groups in total. The Labute approximate surface area is 81.9 Å². The number of aryl methyl sites for hydroxylation is 1. The van der Waals surface area contributed by atoms with Crippen molar-refractivity contribution in [1.29, 1.82) is 0 Å². The number of hydrogen-bond donors (Lipinski definition) is 0. The number of hydrogen-bond acceptors (Lipinski definition) is 3. The summed E-state index contributed by atoms with van der Waals surface area (Å²) in [6, 6.07) is 9.58. The predicted molar refractivity (Wildman–Crippen MR) is 53.8 cm³/mol. The van der Waals surface area contributed by atoms with Gasteiger partial charge in [-0.25, -0.2) is 4.98 Å². The maximum absolute atomic E-state index is 4.05. The van der Waals surface area contributed by atoms with Gasteiger partial charge in [-0.15, -0.1) is 10.2 Å². The Hall–Kier alpha value is -1.97. The Morgan fingerprint density at radius 1 is 1.14 bits per heavy atom. The fourth-order valence-electron chi connectivity index (χ4n) is 1.05. The van der Waals surface area contributed by atoms with Crippen molar-refractivity contribution in [2.24, 2.45) is 17.3 Å². The Balaban J connectivity index is 2.20. The van der Waals surface area contributed by atoms with Gasteiger partial charge in [0.1, 0.15) is 0 Å². The summed E-state index contributed by atoms with van der Waals surface area (Å²) in [4.78, 5) is 4.03. The van der Waals surface area contributed by atoms with E-state index < -0.39 is 0 Å². The van der Waals surface area contributed by atoms with Crippen LogP contribution in [-0.2, 0) is 7.05 Å². The van der Waals surface area contributed by atoms with E-state index >= 15 is 0 Å². The fourth-order valence-corrected chi connectivity index (χ4v) is 1.05. The highest BCUT2D eigenvalue weighted by atomic mass is 15.2. The molecule has 14 heavy (non-hydrogen) atoms. The van der Waals surface area contributed by atoms with E-state index in [4.69, 9.17) is 0 Å². The summed E-state index contributed by atoms with van der Waals surface area (Å²) < 4.78 is 1.81. The first-order valence-corrected chi connectivity index (χ1v) is 4.30. The SMILES string of the molecule is Cn1ccnc1N=Nc1ccccc1. The van der Waals surface area contributed by atoms with Gasteiger partial charge in [0, 0.05) is 19.4 Å². The number of nitrogens with zero attached hydrogens (tertiary/aromatic N) is 4. The largest absolute Gasteiger partial charge is 0.317 e. The van der Waals surface area contributed by atoms with Crippen molar-refractivity contribution in [3.63, 3.8) is 0 Å². The number of benzene rings is 1. The van der Waals surface area contributed by atoms with Crippen LogP contribution in [0.25, 0.3) is 0 Å². The first-order valence-electron chi connectivity index (χ1n) is 4.30. The monoisotopic (exact) mass is 186 g/mol. The molecular weight excluding hydrogens is 176 g/mol. The Morgan fingerprint density at radius 2 is 1.93 bits per heavy atom. The average Bonchev–Trinajstić information content (AvgIpc) is 2.63. The molecule has 0 unspecified atom stereocenters. The topological polar surface area (TPSA) is 42.5 Å². The minimum atomic E-state index is 0.605. The lowest BCUT2D eigenvalue weighted by Crippen LogP contribution is -1.81. The lowest BCUT2D eigenvalue weighted by Gasteiger charge is -1.92. The Kier molecular flexibility index (Phi) is 2.36. The summed E-state index contributed by atoms with van der Waals surface area (Å²) >= 11 is 0. The molecule has 4 nitrogen and oxygen atoms in total. The zero-order valence-corrected chi connectivity index (χ0v) is 7.83. The molecule has 0 saturated carbocycles. The van der Waals surface area contributed by atoms with Gasteiger partial charge in [0.2, 0.25) is 5.95 Å². The molecule has 0 amide bonds. The molecule has 4 heteroatoms. The van der Waals surface area contributed by atoms with Crippen molar-refractivity contribution in [2.45, 2.75) is 0 Å². The van der Waals surface area contributed by atoms with Gasteiger partial charge in [0.15, 0.2) is 0 Å².